The molecule has 0 bridgehead atoms. The molecule has 0 atom stereocenters. The zero-order valence-corrected chi connectivity index (χ0v) is 25.5. The molecule has 1 aliphatic carbocycles. The quantitative estimate of drug-likeness (QED) is 0.200. The van der Waals surface area contributed by atoms with Crippen molar-refractivity contribution in [2.75, 3.05) is 4.90 Å². The van der Waals surface area contributed by atoms with Gasteiger partial charge in [0.25, 0.3) is 0 Å². The van der Waals surface area contributed by atoms with Crippen LogP contribution in [0.2, 0.25) is 0 Å². The molecule has 0 fully saturated rings. The summed E-state index contributed by atoms with van der Waals surface area (Å²) in [5.41, 5.74) is 15.4. The summed E-state index contributed by atoms with van der Waals surface area (Å²) in [6.07, 6.45) is 1.96. The number of anilines is 3. The first-order chi connectivity index (χ1) is 22.8. The molecule has 3 aliphatic rings. The highest BCUT2D eigenvalue weighted by atomic mass is 15.2. The Labute approximate surface area is 269 Å². The average molecular weight is 587 g/mol. The first-order valence-corrected chi connectivity index (χ1v) is 16.1. The van der Waals surface area contributed by atoms with Gasteiger partial charge >= 0.3 is 0 Å². The summed E-state index contributed by atoms with van der Waals surface area (Å²) in [4.78, 5) is 7.73. The molecule has 0 saturated heterocycles. The number of hydrogen-bond acceptors (Lipinski definition) is 2. The molecule has 0 saturated carbocycles. The Hall–Kier alpha value is -5.73. The van der Waals surface area contributed by atoms with Gasteiger partial charge in [0, 0.05) is 11.8 Å². The minimum absolute atomic E-state index is 0.515. The summed E-state index contributed by atoms with van der Waals surface area (Å²) in [7, 11) is 0. The molecule has 3 heterocycles. The first-order valence-electron chi connectivity index (χ1n) is 16.1. The minimum Gasteiger partial charge on any atom is -0.294 e. The maximum Gasteiger partial charge on any atom is 0.142 e. The first kappa shape index (κ1) is 25.6. The predicted octanol–water partition coefficient (Wildman–Crippen LogP) is 10.2. The third-order valence-electron chi connectivity index (χ3n) is 10.6. The number of para-hydroxylation sites is 1. The second kappa shape index (κ2) is 9.15. The fraction of sp³-hybridized carbons (Fsp3) is 0.0682. The van der Waals surface area contributed by atoms with E-state index < -0.39 is 10.8 Å². The molecule has 216 valence electrons. The molecule has 1 aromatic heterocycles. The van der Waals surface area contributed by atoms with Gasteiger partial charge in [-0.1, -0.05) is 146 Å². The van der Waals surface area contributed by atoms with Crippen molar-refractivity contribution in [1.29, 1.82) is 0 Å². The van der Waals surface area contributed by atoms with Crippen LogP contribution >= 0.6 is 0 Å². The Morgan fingerprint density at radius 2 is 1.00 bits per heavy atom. The predicted molar refractivity (Wildman–Crippen MR) is 186 cm³/mol. The van der Waals surface area contributed by atoms with E-state index >= 15 is 0 Å². The van der Waals surface area contributed by atoms with E-state index in [4.69, 9.17) is 4.98 Å². The molecule has 1 spiro atoms. The monoisotopic (exact) mass is 586 g/mol. The van der Waals surface area contributed by atoms with Crippen LogP contribution in [0.3, 0.4) is 0 Å². The van der Waals surface area contributed by atoms with Gasteiger partial charge in [0.15, 0.2) is 0 Å². The number of hydrogen-bond donors (Lipinski definition) is 0. The van der Waals surface area contributed by atoms with Crippen LogP contribution in [0.1, 0.15) is 50.1 Å². The zero-order chi connectivity index (χ0) is 30.5. The molecule has 0 amide bonds. The standard InChI is InChI=1S/C44H30N2/c1-29-25-26-36-40(28-29)46-41-37(43(36,30-14-4-2-5-15-30)31-16-6-3-7-17-31)22-12-23-38(41)44(39-24-13-27-45-42(39)46)34-20-10-8-18-32(34)33-19-9-11-21-35(33)44/h2-28H,1H3. The molecular formula is C44H30N2. The second-order valence-electron chi connectivity index (χ2n) is 12.8. The summed E-state index contributed by atoms with van der Waals surface area (Å²) in [6, 6.07) is 58.6. The summed E-state index contributed by atoms with van der Waals surface area (Å²) in [5, 5.41) is 0. The smallest absolute Gasteiger partial charge is 0.142 e. The number of aryl methyl sites for hydroxylation is 1. The molecule has 2 aliphatic heterocycles. The van der Waals surface area contributed by atoms with E-state index in [0.717, 1.165) is 5.82 Å². The third-order valence-corrected chi connectivity index (χ3v) is 10.6. The van der Waals surface area contributed by atoms with Crippen LogP contribution in [0.4, 0.5) is 17.2 Å². The molecule has 10 rings (SSSR count). The van der Waals surface area contributed by atoms with Crippen molar-refractivity contribution in [3.63, 3.8) is 0 Å². The van der Waals surface area contributed by atoms with E-state index in [9.17, 15) is 0 Å². The Morgan fingerprint density at radius 1 is 0.457 bits per heavy atom. The van der Waals surface area contributed by atoms with Crippen molar-refractivity contribution >= 4 is 17.2 Å². The van der Waals surface area contributed by atoms with Crippen LogP contribution in [-0.2, 0) is 10.8 Å². The number of rotatable bonds is 2. The maximum atomic E-state index is 5.26. The Kier molecular flexibility index (Phi) is 5.09. The lowest BCUT2D eigenvalue weighted by molar-refractivity contribution is 0.693. The second-order valence-corrected chi connectivity index (χ2v) is 12.8. The Morgan fingerprint density at radius 3 is 1.65 bits per heavy atom. The Bertz CT molecular complexity index is 2240. The van der Waals surface area contributed by atoms with Gasteiger partial charge in [-0.05, 0) is 74.7 Å². The molecule has 0 N–H and O–H groups in total. The van der Waals surface area contributed by atoms with E-state index in [1.54, 1.807) is 0 Å². The normalized spacial score (nSPS) is 15.4. The van der Waals surface area contributed by atoms with E-state index in [2.05, 4.69) is 170 Å². The summed E-state index contributed by atoms with van der Waals surface area (Å²) < 4.78 is 0. The van der Waals surface area contributed by atoms with Crippen LogP contribution in [0.15, 0.2) is 164 Å². The van der Waals surface area contributed by atoms with Gasteiger partial charge in [-0.15, -0.1) is 0 Å². The van der Waals surface area contributed by atoms with Crippen LogP contribution in [-0.4, -0.2) is 4.98 Å². The van der Waals surface area contributed by atoms with Gasteiger partial charge in [-0.25, -0.2) is 4.98 Å². The van der Waals surface area contributed by atoms with Crippen molar-refractivity contribution < 1.29 is 0 Å². The molecule has 0 unspecified atom stereocenters. The van der Waals surface area contributed by atoms with Crippen LogP contribution in [0.25, 0.3) is 11.1 Å². The molecule has 7 aromatic rings. The number of aromatic nitrogens is 1. The van der Waals surface area contributed by atoms with Gasteiger partial charge in [0.1, 0.15) is 5.82 Å². The van der Waals surface area contributed by atoms with E-state index in [1.807, 2.05) is 6.20 Å². The van der Waals surface area contributed by atoms with E-state index in [0.29, 0.717) is 0 Å². The summed E-state index contributed by atoms with van der Waals surface area (Å²) >= 11 is 0. The van der Waals surface area contributed by atoms with Crippen molar-refractivity contribution in [2.45, 2.75) is 17.8 Å². The highest BCUT2D eigenvalue weighted by Crippen LogP contribution is 2.67. The average Bonchev–Trinajstić information content (AvgIpc) is 3.41. The lowest BCUT2D eigenvalue weighted by Gasteiger charge is -2.52. The van der Waals surface area contributed by atoms with Gasteiger partial charge in [-0.3, -0.25) is 4.90 Å². The number of pyridine rings is 1. The molecule has 2 heteroatoms. The summed E-state index contributed by atoms with van der Waals surface area (Å²) in [6.45, 7) is 2.20. The summed E-state index contributed by atoms with van der Waals surface area (Å²) in [5.74, 6) is 0.996. The van der Waals surface area contributed by atoms with Gasteiger partial charge in [0.05, 0.1) is 22.2 Å². The van der Waals surface area contributed by atoms with Crippen molar-refractivity contribution in [3.8, 4) is 11.1 Å². The van der Waals surface area contributed by atoms with Crippen molar-refractivity contribution in [1.82, 2.24) is 4.98 Å². The number of benzene rings is 6. The third kappa shape index (κ3) is 2.95. The van der Waals surface area contributed by atoms with Gasteiger partial charge in [0.2, 0.25) is 0 Å². The lowest BCUT2D eigenvalue weighted by atomic mass is 9.58. The minimum atomic E-state index is -0.543. The maximum absolute atomic E-state index is 5.26. The molecule has 6 aromatic carbocycles. The highest BCUT2D eigenvalue weighted by molar-refractivity contribution is 5.99. The molecule has 2 nitrogen and oxygen atoms in total. The topological polar surface area (TPSA) is 16.1 Å². The van der Waals surface area contributed by atoms with Gasteiger partial charge in [-0.2, -0.15) is 0 Å². The van der Waals surface area contributed by atoms with Crippen molar-refractivity contribution in [2.24, 2.45) is 0 Å². The Balaban J connectivity index is 1.45. The molecular weight excluding hydrogens is 556 g/mol. The van der Waals surface area contributed by atoms with Crippen molar-refractivity contribution in [3.05, 3.63) is 214 Å². The van der Waals surface area contributed by atoms with Gasteiger partial charge < -0.3 is 0 Å². The van der Waals surface area contributed by atoms with Crippen LogP contribution < -0.4 is 4.90 Å². The van der Waals surface area contributed by atoms with Crippen LogP contribution in [0, 0.1) is 6.92 Å². The van der Waals surface area contributed by atoms with Crippen LogP contribution in [0.5, 0.6) is 0 Å². The van der Waals surface area contributed by atoms with E-state index in [-0.39, 0.29) is 0 Å². The SMILES string of the molecule is Cc1ccc2c(c1)N1c3ncccc3C3(c4ccccc4-c4ccccc43)c3cccc(c31)C2(c1ccccc1)c1ccccc1. The molecule has 46 heavy (non-hydrogen) atoms. The zero-order valence-electron chi connectivity index (χ0n) is 25.5. The lowest BCUT2D eigenvalue weighted by Crippen LogP contribution is -2.43. The fourth-order valence-electron chi connectivity index (χ4n) is 9.01. The molecule has 0 radical (unpaired) electrons. The fourth-order valence-corrected chi connectivity index (χ4v) is 9.01. The number of fused-ring (bicyclic) bond motifs is 11. The number of nitrogens with zero attached hydrogens (tertiary/aromatic N) is 2. The van der Waals surface area contributed by atoms with E-state index in [1.165, 1.54) is 72.6 Å². The highest BCUT2D eigenvalue weighted by Gasteiger charge is 2.56. The largest absolute Gasteiger partial charge is 0.294 e.